The predicted octanol–water partition coefficient (Wildman–Crippen LogP) is 2.87. The molecule has 0 saturated carbocycles. The van der Waals surface area contributed by atoms with Crippen LogP contribution in [-0.4, -0.2) is 22.2 Å². The van der Waals surface area contributed by atoms with E-state index >= 15 is 0 Å². The van der Waals surface area contributed by atoms with Crippen LogP contribution in [0.2, 0.25) is 0 Å². The smallest absolute Gasteiger partial charge is 0.336 e. The van der Waals surface area contributed by atoms with E-state index in [9.17, 15) is 9.90 Å². The number of rotatable bonds is 5. The molecule has 0 saturated heterocycles. The van der Waals surface area contributed by atoms with Gasteiger partial charge < -0.3 is 15.4 Å². The molecule has 0 radical (unpaired) electrons. The van der Waals surface area contributed by atoms with E-state index in [2.05, 4.69) is 18.4 Å². The van der Waals surface area contributed by atoms with Crippen molar-refractivity contribution in [1.29, 1.82) is 0 Å². The maximum atomic E-state index is 11.3. The molecule has 0 amide bonds. The molecule has 1 aromatic carbocycles. The van der Waals surface area contributed by atoms with Crippen molar-refractivity contribution in [2.45, 2.75) is 40.2 Å². The maximum Gasteiger partial charge on any atom is 0.336 e. The Balaban J connectivity index is 2.72. The van der Waals surface area contributed by atoms with Gasteiger partial charge in [0.2, 0.25) is 0 Å². The minimum atomic E-state index is -0.866. The summed E-state index contributed by atoms with van der Waals surface area (Å²) in [5.74, 6) is -0.866. The number of carboxylic acids is 1. The third-order valence-electron chi connectivity index (χ3n) is 3.98. The van der Waals surface area contributed by atoms with Crippen LogP contribution in [0.4, 0.5) is 0 Å². The summed E-state index contributed by atoms with van der Waals surface area (Å²) >= 11 is 0. The average Bonchev–Trinajstić information content (AvgIpc) is 2.66. The summed E-state index contributed by atoms with van der Waals surface area (Å²) in [6, 6.07) is 3.80. The first-order chi connectivity index (χ1) is 9.51. The molecule has 0 unspecified atom stereocenters. The predicted molar refractivity (Wildman–Crippen MR) is 81.4 cm³/mol. The second-order valence-electron chi connectivity index (χ2n) is 5.19. The first-order valence-electron chi connectivity index (χ1n) is 7.06. The molecule has 1 aromatic heterocycles. The van der Waals surface area contributed by atoms with Gasteiger partial charge in [-0.25, -0.2) is 4.79 Å². The number of aromatic nitrogens is 1. The van der Waals surface area contributed by atoms with Gasteiger partial charge in [0.05, 0.1) is 5.56 Å². The SMILES string of the molecule is CCn1c(C)c(CCCN)c2cc(C)c(C(=O)O)cc21. The van der Waals surface area contributed by atoms with E-state index in [1.807, 2.05) is 13.0 Å². The van der Waals surface area contributed by atoms with Crippen molar-refractivity contribution >= 4 is 16.9 Å². The van der Waals surface area contributed by atoms with E-state index in [-0.39, 0.29) is 0 Å². The molecule has 4 heteroatoms. The fourth-order valence-corrected chi connectivity index (χ4v) is 2.93. The summed E-state index contributed by atoms with van der Waals surface area (Å²) in [6.45, 7) is 7.55. The number of aromatic carboxylic acids is 1. The highest BCUT2D eigenvalue weighted by atomic mass is 16.4. The lowest BCUT2D eigenvalue weighted by Crippen LogP contribution is -2.02. The Morgan fingerprint density at radius 1 is 1.35 bits per heavy atom. The number of fused-ring (bicyclic) bond motifs is 1. The Bertz CT molecular complexity index is 656. The molecular formula is C16H22N2O2. The van der Waals surface area contributed by atoms with Crippen LogP contribution < -0.4 is 5.73 Å². The maximum absolute atomic E-state index is 11.3. The van der Waals surface area contributed by atoms with Gasteiger partial charge in [0, 0.05) is 23.1 Å². The molecule has 0 spiro atoms. The van der Waals surface area contributed by atoms with Gasteiger partial charge in [-0.1, -0.05) is 0 Å². The zero-order valence-electron chi connectivity index (χ0n) is 12.4. The van der Waals surface area contributed by atoms with Crippen molar-refractivity contribution in [1.82, 2.24) is 4.57 Å². The standard InChI is InChI=1S/C16H22N2O2/c1-4-18-11(3)12(6-5-7-17)14-8-10(2)13(16(19)20)9-15(14)18/h8-9H,4-7,17H2,1-3H3,(H,19,20). The van der Waals surface area contributed by atoms with Crippen LogP contribution in [0, 0.1) is 13.8 Å². The molecule has 0 aliphatic rings. The zero-order chi connectivity index (χ0) is 14.9. The lowest BCUT2D eigenvalue weighted by molar-refractivity contribution is 0.0696. The van der Waals surface area contributed by atoms with E-state index < -0.39 is 5.97 Å². The number of nitrogens with two attached hydrogens (primary N) is 1. The van der Waals surface area contributed by atoms with Gasteiger partial charge in [0.15, 0.2) is 0 Å². The summed E-state index contributed by atoms with van der Waals surface area (Å²) in [7, 11) is 0. The molecule has 2 rings (SSSR count). The number of carboxylic acid groups (broad SMARTS) is 1. The Morgan fingerprint density at radius 3 is 2.60 bits per heavy atom. The molecule has 0 aliphatic carbocycles. The molecule has 3 N–H and O–H groups in total. The van der Waals surface area contributed by atoms with Gasteiger partial charge in [-0.15, -0.1) is 0 Å². The van der Waals surface area contributed by atoms with E-state index in [1.165, 1.54) is 16.6 Å². The molecule has 0 aliphatic heterocycles. The molecular weight excluding hydrogens is 252 g/mol. The van der Waals surface area contributed by atoms with E-state index in [0.717, 1.165) is 30.5 Å². The fourth-order valence-electron chi connectivity index (χ4n) is 2.93. The molecule has 20 heavy (non-hydrogen) atoms. The summed E-state index contributed by atoms with van der Waals surface area (Å²) < 4.78 is 2.19. The van der Waals surface area contributed by atoms with Crippen LogP contribution in [-0.2, 0) is 13.0 Å². The lowest BCUT2D eigenvalue weighted by atomic mass is 10.0. The van der Waals surface area contributed by atoms with Crippen molar-refractivity contribution in [2.75, 3.05) is 6.54 Å². The number of nitrogens with zero attached hydrogens (tertiary/aromatic N) is 1. The second-order valence-corrected chi connectivity index (χ2v) is 5.19. The summed E-state index contributed by atoms with van der Waals surface area (Å²) in [6.07, 6.45) is 1.89. The summed E-state index contributed by atoms with van der Waals surface area (Å²) in [5, 5.41) is 10.4. The van der Waals surface area contributed by atoms with Crippen LogP contribution in [0.25, 0.3) is 10.9 Å². The molecule has 2 aromatic rings. The van der Waals surface area contributed by atoms with Gasteiger partial charge in [0.25, 0.3) is 0 Å². The number of hydrogen-bond acceptors (Lipinski definition) is 2. The van der Waals surface area contributed by atoms with Crippen LogP contribution in [0.15, 0.2) is 12.1 Å². The largest absolute Gasteiger partial charge is 0.478 e. The third-order valence-corrected chi connectivity index (χ3v) is 3.98. The van der Waals surface area contributed by atoms with Gasteiger partial charge in [-0.05, 0) is 63.4 Å². The third kappa shape index (κ3) is 2.31. The Hall–Kier alpha value is -1.81. The molecule has 1 heterocycles. The quantitative estimate of drug-likeness (QED) is 0.881. The molecule has 4 nitrogen and oxygen atoms in total. The first kappa shape index (κ1) is 14.6. The number of hydrogen-bond donors (Lipinski definition) is 2. The van der Waals surface area contributed by atoms with E-state index in [4.69, 9.17) is 5.73 Å². The van der Waals surface area contributed by atoms with Crippen LogP contribution in [0.1, 0.15) is 40.5 Å². The molecule has 108 valence electrons. The van der Waals surface area contributed by atoms with Gasteiger partial charge >= 0.3 is 5.97 Å². The van der Waals surface area contributed by atoms with Crippen LogP contribution in [0.5, 0.6) is 0 Å². The number of carbonyl (C=O) groups is 1. The minimum absolute atomic E-state index is 0.384. The highest BCUT2D eigenvalue weighted by Gasteiger charge is 2.16. The van der Waals surface area contributed by atoms with E-state index in [1.54, 1.807) is 6.07 Å². The second kappa shape index (κ2) is 5.67. The van der Waals surface area contributed by atoms with Crippen LogP contribution in [0.3, 0.4) is 0 Å². The van der Waals surface area contributed by atoms with Crippen molar-refractivity contribution in [2.24, 2.45) is 5.73 Å². The summed E-state index contributed by atoms with van der Waals surface area (Å²) in [4.78, 5) is 11.3. The van der Waals surface area contributed by atoms with Crippen molar-refractivity contribution in [3.63, 3.8) is 0 Å². The minimum Gasteiger partial charge on any atom is -0.478 e. The van der Waals surface area contributed by atoms with Crippen molar-refractivity contribution in [3.05, 3.63) is 34.5 Å². The monoisotopic (exact) mass is 274 g/mol. The van der Waals surface area contributed by atoms with Gasteiger partial charge in [-0.3, -0.25) is 0 Å². The lowest BCUT2D eigenvalue weighted by Gasteiger charge is -2.06. The van der Waals surface area contributed by atoms with Gasteiger partial charge in [0.1, 0.15) is 0 Å². The van der Waals surface area contributed by atoms with Gasteiger partial charge in [-0.2, -0.15) is 0 Å². The Morgan fingerprint density at radius 2 is 2.05 bits per heavy atom. The first-order valence-corrected chi connectivity index (χ1v) is 7.06. The number of benzene rings is 1. The van der Waals surface area contributed by atoms with Crippen LogP contribution >= 0.6 is 0 Å². The molecule has 0 fully saturated rings. The normalized spacial score (nSPS) is 11.2. The molecule has 0 bridgehead atoms. The highest BCUT2D eigenvalue weighted by Crippen LogP contribution is 2.29. The topological polar surface area (TPSA) is 68.2 Å². The van der Waals surface area contributed by atoms with Crippen molar-refractivity contribution < 1.29 is 9.90 Å². The summed E-state index contributed by atoms with van der Waals surface area (Å²) in [5.41, 5.74) is 10.3. The van der Waals surface area contributed by atoms with Crippen molar-refractivity contribution in [3.8, 4) is 0 Å². The Kier molecular flexibility index (Phi) is 4.14. The average molecular weight is 274 g/mol. The number of aryl methyl sites for hydroxylation is 3. The highest BCUT2D eigenvalue weighted by molar-refractivity contribution is 5.96. The molecule has 0 atom stereocenters. The van der Waals surface area contributed by atoms with E-state index in [0.29, 0.717) is 12.1 Å². The Labute approximate surface area is 119 Å². The zero-order valence-corrected chi connectivity index (χ0v) is 12.4. The fraction of sp³-hybridized carbons (Fsp3) is 0.438.